The molecule has 0 heterocycles. The molecule has 0 aliphatic rings. The second kappa shape index (κ2) is 7.94. The summed E-state index contributed by atoms with van der Waals surface area (Å²) >= 11 is 0. The fourth-order valence-corrected chi connectivity index (χ4v) is 2.18. The van der Waals surface area contributed by atoms with Crippen LogP contribution in [-0.2, 0) is 9.59 Å². The van der Waals surface area contributed by atoms with Crippen LogP contribution >= 0.6 is 0 Å². The summed E-state index contributed by atoms with van der Waals surface area (Å²) in [5.74, 6) is -8.32. The van der Waals surface area contributed by atoms with Crippen molar-refractivity contribution in [3.63, 3.8) is 0 Å². The standard InChI is InChI=1S/C17H13F5N2O2/c1-9(25)24(14-5-4-12(19)16(21)17(14)22)7-6-15(26)23-10-2-3-11(18)13(20)8-10/h2-5,8H,6-7H2,1H3,(H,23,26). The Hall–Kier alpha value is -2.97. The van der Waals surface area contributed by atoms with Gasteiger partial charge in [-0.1, -0.05) is 0 Å². The van der Waals surface area contributed by atoms with Crippen LogP contribution in [0.4, 0.5) is 33.3 Å². The molecular formula is C17H13F5N2O2. The molecule has 2 aromatic carbocycles. The molecule has 0 fully saturated rings. The largest absolute Gasteiger partial charge is 0.326 e. The summed E-state index contributed by atoms with van der Waals surface area (Å²) in [6, 6.07) is 4.26. The predicted octanol–water partition coefficient (Wildman–Crippen LogP) is 3.76. The molecule has 2 aromatic rings. The Labute approximate surface area is 145 Å². The zero-order valence-corrected chi connectivity index (χ0v) is 13.5. The molecule has 0 unspecified atom stereocenters. The van der Waals surface area contributed by atoms with E-state index in [9.17, 15) is 31.5 Å². The molecule has 2 rings (SSSR count). The molecule has 0 bridgehead atoms. The zero-order chi connectivity index (χ0) is 19.4. The number of nitrogens with zero attached hydrogens (tertiary/aromatic N) is 1. The highest BCUT2D eigenvalue weighted by atomic mass is 19.2. The average molecular weight is 372 g/mol. The zero-order valence-electron chi connectivity index (χ0n) is 13.5. The predicted molar refractivity (Wildman–Crippen MR) is 83.9 cm³/mol. The average Bonchev–Trinajstić information content (AvgIpc) is 2.57. The third-order valence-corrected chi connectivity index (χ3v) is 3.45. The fraction of sp³-hybridized carbons (Fsp3) is 0.176. The molecule has 2 amide bonds. The Morgan fingerprint density at radius 1 is 0.923 bits per heavy atom. The first-order chi connectivity index (χ1) is 12.2. The number of benzene rings is 2. The normalized spacial score (nSPS) is 10.5. The molecule has 0 aliphatic carbocycles. The van der Waals surface area contributed by atoms with Crippen LogP contribution in [-0.4, -0.2) is 18.4 Å². The maximum absolute atomic E-state index is 13.8. The van der Waals surface area contributed by atoms with Crippen LogP contribution in [0.2, 0.25) is 0 Å². The molecule has 0 saturated carbocycles. The van der Waals surface area contributed by atoms with E-state index in [0.29, 0.717) is 6.07 Å². The summed E-state index contributed by atoms with van der Waals surface area (Å²) in [6.07, 6.45) is -0.350. The van der Waals surface area contributed by atoms with Crippen LogP contribution in [0.3, 0.4) is 0 Å². The van der Waals surface area contributed by atoms with Crippen molar-refractivity contribution in [2.24, 2.45) is 0 Å². The second-order valence-electron chi connectivity index (χ2n) is 5.29. The lowest BCUT2D eigenvalue weighted by Gasteiger charge is -2.21. The van der Waals surface area contributed by atoms with Gasteiger partial charge in [0, 0.05) is 31.6 Å². The third-order valence-electron chi connectivity index (χ3n) is 3.45. The van der Waals surface area contributed by atoms with Crippen LogP contribution in [0.1, 0.15) is 13.3 Å². The van der Waals surface area contributed by atoms with Crippen molar-refractivity contribution in [3.8, 4) is 0 Å². The van der Waals surface area contributed by atoms with Crippen molar-refractivity contribution in [1.82, 2.24) is 0 Å². The van der Waals surface area contributed by atoms with E-state index in [0.717, 1.165) is 36.1 Å². The SMILES string of the molecule is CC(=O)N(CCC(=O)Nc1ccc(F)c(F)c1)c1ccc(F)c(F)c1F. The topological polar surface area (TPSA) is 49.4 Å². The molecule has 0 saturated heterocycles. The monoisotopic (exact) mass is 372 g/mol. The Balaban J connectivity index is 2.09. The van der Waals surface area contributed by atoms with Crippen LogP contribution in [0.5, 0.6) is 0 Å². The van der Waals surface area contributed by atoms with Crippen molar-refractivity contribution in [1.29, 1.82) is 0 Å². The smallest absolute Gasteiger partial charge is 0.226 e. The summed E-state index contributed by atoms with van der Waals surface area (Å²) < 4.78 is 66.1. The fourth-order valence-electron chi connectivity index (χ4n) is 2.18. The highest BCUT2D eigenvalue weighted by molar-refractivity contribution is 5.94. The molecule has 0 radical (unpaired) electrons. The quantitative estimate of drug-likeness (QED) is 0.642. The van der Waals surface area contributed by atoms with E-state index in [4.69, 9.17) is 0 Å². The molecule has 9 heteroatoms. The summed E-state index contributed by atoms with van der Waals surface area (Å²) in [4.78, 5) is 24.3. The molecule has 1 N–H and O–H groups in total. The highest BCUT2D eigenvalue weighted by Crippen LogP contribution is 2.24. The van der Waals surface area contributed by atoms with E-state index < -0.39 is 46.6 Å². The second-order valence-corrected chi connectivity index (χ2v) is 5.29. The summed E-state index contributed by atoms with van der Waals surface area (Å²) in [6.45, 7) is 0.723. The van der Waals surface area contributed by atoms with Gasteiger partial charge in [-0.05, 0) is 24.3 Å². The van der Waals surface area contributed by atoms with E-state index in [1.54, 1.807) is 0 Å². The van der Waals surface area contributed by atoms with E-state index in [-0.39, 0.29) is 18.7 Å². The molecule has 26 heavy (non-hydrogen) atoms. The van der Waals surface area contributed by atoms with Gasteiger partial charge in [-0.2, -0.15) is 0 Å². The number of carbonyl (C=O) groups is 2. The van der Waals surface area contributed by atoms with Crippen molar-refractivity contribution >= 4 is 23.2 Å². The van der Waals surface area contributed by atoms with Gasteiger partial charge < -0.3 is 10.2 Å². The van der Waals surface area contributed by atoms with Crippen LogP contribution in [0.25, 0.3) is 0 Å². The number of amides is 2. The van der Waals surface area contributed by atoms with Crippen LogP contribution in [0.15, 0.2) is 30.3 Å². The number of halogens is 5. The first-order valence-electron chi connectivity index (χ1n) is 7.37. The van der Waals surface area contributed by atoms with Crippen LogP contribution in [0, 0.1) is 29.1 Å². The Bertz CT molecular complexity index is 857. The minimum Gasteiger partial charge on any atom is -0.326 e. The van der Waals surface area contributed by atoms with Gasteiger partial charge in [-0.3, -0.25) is 9.59 Å². The van der Waals surface area contributed by atoms with Gasteiger partial charge in [0.1, 0.15) is 0 Å². The molecule has 0 spiro atoms. The van der Waals surface area contributed by atoms with E-state index >= 15 is 0 Å². The number of anilines is 2. The molecule has 0 atom stereocenters. The van der Waals surface area contributed by atoms with E-state index in [1.807, 2.05) is 0 Å². The Morgan fingerprint density at radius 2 is 1.58 bits per heavy atom. The number of rotatable bonds is 5. The number of hydrogen-bond donors (Lipinski definition) is 1. The van der Waals surface area contributed by atoms with E-state index in [2.05, 4.69) is 5.32 Å². The highest BCUT2D eigenvalue weighted by Gasteiger charge is 2.21. The van der Waals surface area contributed by atoms with Crippen molar-refractivity contribution in [3.05, 3.63) is 59.4 Å². The van der Waals surface area contributed by atoms with Crippen LogP contribution < -0.4 is 10.2 Å². The first kappa shape index (κ1) is 19.4. The number of hydrogen-bond acceptors (Lipinski definition) is 2. The lowest BCUT2D eigenvalue weighted by molar-refractivity contribution is -0.117. The minimum absolute atomic E-state index is 0.0118. The third kappa shape index (κ3) is 4.35. The Morgan fingerprint density at radius 3 is 2.19 bits per heavy atom. The van der Waals surface area contributed by atoms with Crippen molar-refractivity contribution in [2.45, 2.75) is 13.3 Å². The maximum atomic E-state index is 13.8. The van der Waals surface area contributed by atoms with Gasteiger partial charge in [0.05, 0.1) is 5.69 Å². The van der Waals surface area contributed by atoms with Gasteiger partial charge >= 0.3 is 0 Å². The molecule has 4 nitrogen and oxygen atoms in total. The van der Waals surface area contributed by atoms with Gasteiger partial charge in [-0.25, -0.2) is 22.0 Å². The van der Waals surface area contributed by atoms with Gasteiger partial charge in [0.2, 0.25) is 11.8 Å². The summed E-state index contributed by atoms with van der Waals surface area (Å²) in [7, 11) is 0. The first-order valence-corrected chi connectivity index (χ1v) is 7.37. The summed E-state index contributed by atoms with van der Waals surface area (Å²) in [5, 5.41) is 2.28. The molecule has 0 aliphatic heterocycles. The lowest BCUT2D eigenvalue weighted by Crippen LogP contribution is -2.33. The van der Waals surface area contributed by atoms with E-state index in [1.165, 1.54) is 0 Å². The molecule has 0 aromatic heterocycles. The van der Waals surface area contributed by atoms with Gasteiger partial charge in [-0.15, -0.1) is 0 Å². The minimum atomic E-state index is -1.74. The van der Waals surface area contributed by atoms with Gasteiger partial charge in [0.25, 0.3) is 0 Å². The number of carbonyl (C=O) groups excluding carboxylic acids is 2. The summed E-state index contributed by atoms with van der Waals surface area (Å²) in [5.41, 5.74) is -0.528. The lowest BCUT2D eigenvalue weighted by atomic mass is 10.2. The molecular weight excluding hydrogens is 359 g/mol. The maximum Gasteiger partial charge on any atom is 0.226 e. The Kier molecular flexibility index (Phi) is 5.91. The van der Waals surface area contributed by atoms with Crippen molar-refractivity contribution in [2.75, 3.05) is 16.8 Å². The van der Waals surface area contributed by atoms with Crippen molar-refractivity contribution < 1.29 is 31.5 Å². The van der Waals surface area contributed by atoms with Gasteiger partial charge in [0.15, 0.2) is 29.1 Å². The molecule has 138 valence electrons. The number of nitrogens with one attached hydrogen (secondary N) is 1.